The van der Waals surface area contributed by atoms with Gasteiger partial charge < -0.3 is 10.6 Å². The summed E-state index contributed by atoms with van der Waals surface area (Å²) in [5.74, 6) is 0.452. The van der Waals surface area contributed by atoms with Gasteiger partial charge >= 0.3 is 0 Å². The van der Waals surface area contributed by atoms with Crippen molar-refractivity contribution in [3.63, 3.8) is 0 Å². The number of hydrogen-bond acceptors (Lipinski definition) is 3. The van der Waals surface area contributed by atoms with Crippen LogP contribution in [0.3, 0.4) is 0 Å². The van der Waals surface area contributed by atoms with Gasteiger partial charge in [0.05, 0.1) is 6.54 Å². The van der Waals surface area contributed by atoms with Gasteiger partial charge in [0.2, 0.25) is 5.91 Å². The van der Waals surface area contributed by atoms with Gasteiger partial charge in [0, 0.05) is 22.7 Å². The maximum absolute atomic E-state index is 12.7. The lowest BCUT2D eigenvalue weighted by atomic mass is 9.96. The van der Waals surface area contributed by atoms with Crippen molar-refractivity contribution in [1.29, 1.82) is 0 Å². The molecule has 166 valence electrons. The normalized spacial score (nSPS) is 15.5. The van der Waals surface area contributed by atoms with Gasteiger partial charge in [-0.3, -0.25) is 14.5 Å². The number of halogens is 1. The monoisotopic (exact) mass is 441 g/mol. The van der Waals surface area contributed by atoms with Gasteiger partial charge in [-0.1, -0.05) is 35.9 Å². The number of carbonyl (C=O) groups is 2. The number of nitrogens with zero attached hydrogens (tertiary/aromatic N) is 1. The maximum atomic E-state index is 12.7. The van der Waals surface area contributed by atoms with Crippen molar-refractivity contribution in [2.75, 3.05) is 26.2 Å². The molecular formula is C25H32ClN3O2. The molecule has 0 aromatic heterocycles. The molecule has 1 saturated heterocycles. The first-order valence-corrected chi connectivity index (χ1v) is 11.2. The Hall–Kier alpha value is -2.37. The van der Waals surface area contributed by atoms with Crippen LogP contribution in [-0.2, 0) is 4.79 Å². The predicted octanol–water partition coefficient (Wildman–Crippen LogP) is 4.36. The minimum absolute atomic E-state index is 0.0530. The van der Waals surface area contributed by atoms with Gasteiger partial charge in [-0.2, -0.15) is 0 Å². The average Bonchev–Trinajstić information content (AvgIpc) is 2.72. The fourth-order valence-electron chi connectivity index (χ4n) is 3.83. The Balaban J connectivity index is 1.46. The molecule has 1 fully saturated rings. The third-order valence-electron chi connectivity index (χ3n) is 5.44. The molecule has 0 saturated carbocycles. The van der Waals surface area contributed by atoms with E-state index in [9.17, 15) is 9.59 Å². The van der Waals surface area contributed by atoms with Crippen molar-refractivity contribution in [3.05, 3.63) is 59.1 Å². The first-order valence-electron chi connectivity index (χ1n) is 10.9. The molecule has 2 aromatic rings. The van der Waals surface area contributed by atoms with E-state index >= 15 is 0 Å². The SMILES string of the molecule is CC(C)(C)NC(=O)CN1CCC(CNC(=O)c2cccc(-c3ccc(Cl)cc3)c2)CC1. The highest BCUT2D eigenvalue weighted by molar-refractivity contribution is 6.30. The van der Waals surface area contributed by atoms with Crippen LogP contribution in [0.15, 0.2) is 48.5 Å². The molecule has 2 aromatic carbocycles. The second kappa shape index (κ2) is 10.3. The molecule has 6 heteroatoms. The molecule has 3 rings (SSSR count). The summed E-state index contributed by atoms with van der Waals surface area (Å²) >= 11 is 5.97. The molecule has 1 aliphatic rings. The third-order valence-corrected chi connectivity index (χ3v) is 5.69. The number of likely N-dealkylation sites (tertiary alicyclic amines) is 1. The molecule has 2 amide bonds. The van der Waals surface area contributed by atoms with Crippen LogP contribution in [0.25, 0.3) is 11.1 Å². The van der Waals surface area contributed by atoms with Crippen LogP contribution in [0.5, 0.6) is 0 Å². The number of benzene rings is 2. The Labute approximate surface area is 190 Å². The van der Waals surface area contributed by atoms with Crippen LogP contribution in [-0.4, -0.2) is 48.4 Å². The fraction of sp³-hybridized carbons (Fsp3) is 0.440. The topological polar surface area (TPSA) is 61.4 Å². The van der Waals surface area contributed by atoms with Crippen LogP contribution in [0, 0.1) is 5.92 Å². The maximum Gasteiger partial charge on any atom is 0.251 e. The molecular weight excluding hydrogens is 410 g/mol. The average molecular weight is 442 g/mol. The van der Waals surface area contributed by atoms with Gasteiger partial charge in [-0.15, -0.1) is 0 Å². The number of amides is 2. The zero-order chi connectivity index (χ0) is 22.4. The van der Waals surface area contributed by atoms with E-state index in [1.807, 2.05) is 69.3 Å². The zero-order valence-electron chi connectivity index (χ0n) is 18.6. The number of nitrogens with one attached hydrogen (secondary N) is 2. The van der Waals surface area contributed by atoms with Crippen LogP contribution in [0.1, 0.15) is 44.0 Å². The van der Waals surface area contributed by atoms with E-state index in [1.54, 1.807) is 0 Å². The predicted molar refractivity (Wildman–Crippen MR) is 126 cm³/mol. The van der Waals surface area contributed by atoms with Crippen molar-refractivity contribution in [1.82, 2.24) is 15.5 Å². The van der Waals surface area contributed by atoms with Gasteiger partial charge in [0.15, 0.2) is 0 Å². The fourth-order valence-corrected chi connectivity index (χ4v) is 3.96. The molecule has 1 aliphatic heterocycles. The van der Waals surface area contributed by atoms with Crippen molar-refractivity contribution >= 4 is 23.4 Å². The first-order chi connectivity index (χ1) is 14.7. The van der Waals surface area contributed by atoms with Crippen molar-refractivity contribution in [2.24, 2.45) is 5.92 Å². The van der Waals surface area contributed by atoms with E-state index in [0.29, 0.717) is 29.6 Å². The Morgan fingerprint density at radius 2 is 1.71 bits per heavy atom. The van der Waals surface area contributed by atoms with E-state index in [0.717, 1.165) is 37.1 Å². The summed E-state index contributed by atoms with van der Waals surface area (Å²) in [5.41, 5.74) is 2.47. The number of piperidine rings is 1. The van der Waals surface area contributed by atoms with E-state index in [4.69, 9.17) is 11.6 Å². The number of carbonyl (C=O) groups excluding carboxylic acids is 2. The summed E-state index contributed by atoms with van der Waals surface area (Å²) < 4.78 is 0. The summed E-state index contributed by atoms with van der Waals surface area (Å²) in [4.78, 5) is 27.0. The first kappa shape index (κ1) is 23.3. The molecule has 2 N–H and O–H groups in total. The molecule has 0 unspecified atom stereocenters. The summed E-state index contributed by atoms with van der Waals surface area (Å²) in [7, 11) is 0. The van der Waals surface area contributed by atoms with Crippen LogP contribution in [0.4, 0.5) is 0 Å². The molecule has 31 heavy (non-hydrogen) atoms. The van der Waals surface area contributed by atoms with E-state index in [-0.39, 0.29) is 17.4 Å². The lowest BCUT2D eigenvalue weighted by Gasteiger charge is -2.32. The van der Waals surface area contributed by atoms with Gasteiger partial charge in [-0.25, -0.2) is 0 Å². The molecule has 0 radical (unpaired) electrons. The Kier molecular flexibility index (Phi) is 7.74. The minimum Gasteiger partial charge on any atom is -0.352 e. The standard InChI is InChI=1S/C25H32ClN3O2/c1-25(2,3)28-23(30)17-29-13-11-18(12-14-29)16-27-24(31)21-6-4-5-20(15-21)19-7-9-22(26)10-8-19/h4-10,15,18H,11-14,16-17H2,1-3H3,(H,27,31)(H,28,30). The number of rotatable bonds is 6. The molecule has 1 heterocycles. The molecule has 0 bridgehead atoms. The van der Waals surface area contributed by atoms with Gasteiger partial charge in [0.1, 0.15) is 0 Å². The highest BCUT2D eigenvalue weighted by Crippen LogP contribution is 2.23. The Morgan fingerprint density at radius 3 is 2.35 bits per heavy atom. The second-order valence-corrected chi connectivity index (χ2v) is 9.75. The van der Waals surface area contributed by atoms with Crippen molar-refractivity contribution in [2.45, 2.75) is 39.2 Å². The highest BCUT2D eigenvalue weighted by Gasteiger charge is 2.23. The second-order valence-electron chi connectivity index (χ2n) is 9.32. The summed E-state index contributed by atoms with van der Waals surface area (Å²) in [6.07, 6.45) is 1.96. The lowest BCUT2D eigenvalue weighted by molar-refractivity contribution is -0.124. The molecule has 0 atom stereocenters. The minimum atomic E-state index is -0.204. The van der Waals surface area contributed by atoms with E-state index < -0.39 is 0 Å². The van der Waals surface area contributed by atoms with Crippen LogP contribution < -0.4 is 10.6 Å². The zero-order valence-corrected chi connectivity index (χ0v) is 19.3. The quantitative estimate of drug-likeness (QED) is 0.700. The van der Waals surface area contributed by atoms with Crippen molar-refractivity contribution in [3.8, 4) is 11.1 Å². The highest BCUT2D eigenvalue weighted by atomic mass is 35.5. The molecule has 0 aliphatic carbocycles. The van der Waals surface area contributed by atoms with Crippen molar-refractivity contribution < 1.29 is 9.59 Å². The summed E-state index contributed by atoms with van der Waals surface area (Å²) in [5, 5.41) is 6.79. The molecule has 0 spiro atoms. The summed E-state index contributed by atoms with van der Waals surface area (Å²) in [6, 6.07) is 15.3. The third kappa shape index (κ3) is 7.37. The van der Waals surface area contributed by atoms with E-state index in [2.05, 4.69) is 15.5 Å². The van der Waals surface area contributed by atoms with Crippen LogP contribution in [0.2, 0.25) is 5.02 Å². The smallest absolute Gasteiger partial charge is 0.251 e. The number of hydrogen-bond donors (Lipinski definition) is 2. The molecule has 5 nitrogen and oxygen atoms in total. The van der Waals surface area contributed by atoms with Gasteiger partial charge in [-0.05, 0) is 88.0 Å². The Morgan fingerprint density at radius 1 is 1.03 bits per heavy atom. The largest absolute Gasteiger partial charge is 0.352 e. The van der Waals surface area contributed by atoms with Crippen LogP contribution >= 0.6 is 11.6 Å². The summed E-state index contributed by atoms with van der Waals surface area (Å²) in [6.45, 7) is 8.83. The van der Waals surface area contributed by atoms with Gasteiger partial charge in [0.25, 0.3) is 5.91 Å². The van der Waals surface area contributed by atoms with E-state index in [1.165, 1.54) is 0 Å². The lowest BCUT2D eigenvalue weighted by Crippen LogP contribution is -2.48. The Bertz CT molecular complexity index is 898.